The number of hydrogen-bond donors (Lipinski definition) is 0. The number of rotatable bonds is 16. The monoisotopic (exact) mass is 363 g/mol. The molecule has 1 aromatic carbocycles. The molecule has 0 bridgehead atoms. The lowest BCUT2D eigenvalue weighted by Crippen LogP contribution is -2.11. The van der Waals surface area contributed by atoms with E-state index in [1.54, 1.807) is 0 Å². The van der Waals surface area contributed by atoms with Crippen molar-refractivity contribution in [2.75, 3.05) is 40.5 Å². The second-order valence-corrected chi connectivity index (χ2v) is 6.24. The van der Waals surface area contributed by atoms with Gasteiger partial charge in [0.15, 0.2) is 0 Å². The van der Waals surface area contributed by atoms with Gasteiger partial charge in [-0.25, -0.2) is 0 Å². The molecule has 0 radical (unpaired) electrons. The fraction of sp³-hybridized carbons (Fsp3) is 0.524. The van der Waals surface area contributed by atoms with Gasteiger partial charge in [-0.2, -0.15) is 0 Å². The summed E-state index contributed by atoms with van der Waals surface area (Å²) in [4.78, 5) is 2.13. The molecule has 0 aliphatic heterocycles. The first-order valence-electron chi connectivity index (χ1n) is 9.15. The van der Waals surface area contributed by atoms with Crippen LogP contribution in [0.2, 0.25) is 0 Å². The molecule has 0 heterocycles. The normalized spacial score (nSPS) is 10.4. The Bertz CT molecular complexity index is 478. The van der Waals surface area contributed by atoms with Gasteiger partial charge in [0.2, 0.25) is 0 Å². The number of ether oxygens (including phenoxy) is 4. The summed E-state index contributed by atoms with van der Waals surface area (Å²) >= 11 is 0. The Labute approximate surface area is 158 Å². The zero-order chi connectivity index (χ0) is 19.0. The first kappa shape index (κ1) is 21.9. The van der Waals surface area contributed by atoms with E-state index in [4.69, 9.17) is 18.9 Å². The molecule has 146 valence electrons. The van der Waals surface area contributed by atoms with Crippen LogP contribution in [0.3, 0.4) is 0 Å². The highest BCUT2D eigenvalue weighted by Gasteiger charge is 2.05. The van der Waals surface area contributed by atoms with Gasteiger partial charge >= 0.3 is 0 Å². The van der Waals surface area contributed by atoms with Crippen molar-refractivity contribution in [1.82, 2.24) is 4.90 Å². The van der Waals surface area contributed by atoms with Gasteiger partial charge in [0, 0.05) is 12.6 Å². The molecule has 0 fully saturated rings. The van der Waals surface area contributed by atoms with Gasteiger partial charge in [-0.15, -0.1) is 0 Å². The van der Waals surface area contributed by atoms with Gasteiger partial charge in [-0.05, 0) is 57.5 Å². The molecule has 5 heteroatoms. The lowest BCUT2D eigenvalue weighted by atomic mass is 10.2. The highest BCUT2D eigenvalue weighted by Crippen LogP contribution is 2.24. The SMILES string of the molecule is C=COCCCCOc1cc(CN(C)C)cc(OCCCCOC=C)c1. The predicted octanol–water partition coefficient (Wildman–Crippen LogP) is 4.39. The van der Waals surface area contributed by atoms with Crippen LogP contribution in [0.25, 0.3) is 0 Å². The Balaban J connectivity index is 2.50. The maximum Gasteiger partial charge on any atom is 0.123 e. The van der Waals surface area contributed by atoms with E-state index in [0.29, 0.717) is 26.4 Å². The Morgan fingerprint density at radius 1 is 0.769 bits per heavy atom. The van der Waals surface area contributed by atoms with Crippen molar-refractivity contribution < 1.29 is 18.9 Å². The Morgan fingerprint density at radius 3 is 1.65 bits per heavy atom. The molecule has 0 spiro atoms. The zero-order valence-electron chi connectivity index (χ0n) is 16.2. The van der Waals surface area contributed by atoms with Gasteiger partial charge in [-0.1, -0.05) is 13.2 Å². The minimum atomic E-state index is 0.657. The lowest BCUT2D eigenvalue weighted by Gasteiger charge is -2.15. The van der Waals surface area contributed by atoms with E-state index in [0.717, 1.165) is 43.7 Å². The van der Waals surface area contributed by atoms with Crippen LogP contribution in [0.5, 0.6) is 11.5 Å². The third kappa shape index (κ3) is 10.7. The molecule has 0 saturated heterocycles. The first-order valence-corrected chi connectivity index (χ1v) is 9.15. The Kier molecular flexibility index (Phi) is 11.9. The van der Waals surface area contributed by atoms with Crippen LogP contribution in [0.15, 0.2) is 43.9 Å². The Hall–Kier alpha value is -2.14. The average Bonchev–Trinajstić information content (AvgIpc) is 2.60. The highest BCUT2D eigenvalue weighted by molar-refractivity contribution is 5.38. The van der Waals surface area contributed by atoms with Gasteiger partial charge in [0.05, 0.1) is 39.0 Å². The van der Waals surface area contributed by atoms with E-state index in [-0.39, 0.29) is 0 Å². The first-order chi connectivity index (χ1) is 12.7. The number of nitrogens with zero attached hydrogens (tertiary/aromatic N) is 1. The topological polar surface area (TPSA) is 40.2 Å². The maximum atomic E-state index is 5.90. The minimum Gasteiger partial charge on any atom is -0.502 e. The summed E-state index contributed by atoms with van der Waals surface area (Å²) in [5.74, 6) is 1.69. The van der Waals surface area contributed by atoms with Crippen LogP contribution in [-0.4, -0.2) is 45.4 Å². The number of unbranched alkanes of at least 4 members (excludes halogenated alkanes) is 2. The van der Waals surface area contributed by atoms with Crippen molar-refractivity contribution in [2.24, 2.45) is 0 Å². The summed E-state index contributed by atoms with van der Waals surface area (Å²) in [7, 11) is 4.10. The summed E-state index contributed by atoms with van der Waals surface area (Å²) in [6.07, 6.45) is 6.70. The van der Waals surface area contributed by atoms with Crippen molar-refractivity contribution in [1.29, 1.82) is 0 Å². The van der Waals surface area contributed by atoms with Crippen molar-refractivity contribution in [3.8, 4) is 11.5 Å². The van der Waals surface area contributed by atoms with Gasteiger partial charge in [0.25, 0.3) is 0 Å². The van der Waals surface area contributed by atoms with E-state index >= 15 is 0 Å². The fourth-order valence-electron chi connectivity index (χ4n) is 2.38. The second kappa shape index (κ2) is 14.1. The molecule has 0 aliphatic rings. The summed E-state index contributed by atoms with van der Waals surface area (Å²) in [6, 6.07) is 6.11. The van der Waals surface area contributed by atoms with Crippen LogP contribution >= 0.6 is 0 Å². The van der Waals surface area contributed by atoms with E-state index in [1.807, 2.05) is 20.2 Å². The molecule has 0 saturated carbocycles. The number of benzene rings is 1. The summed E-state index contributed by atoms with van der Waals surface area (Å²) in [5.41, 5.74) is 1.17. The lowest BCUT2D eigenvalue weighted by molar-refractivity contribution is 0.223. The minimum absolute atomic E-state index is 0.657. The molecule has 0 atom stereocenters. The smallest absolute Gasteiger partial charge is 0.123 e. The van der Waals surface area contributed by atoms with Gasteiger partial charge in [0.1, 0.15) is 11.5 Å². The van der Waals surface area contributed by atoms with E-state index in [9.17, 15) is 0 Å². The molecule has 1 aromatic rings. The average molecular weight is 363 g/mol. The van der Waals surface area contributed by atoms with Crippen LogP contribution in [0.1, 0.15) is 31.2 Å². The van der Waals surface area contributed by atoms with Crippen LogP contribution in [0, 0.1) is 0 Å². The molecule has 0 aliphatic carbocycles. The Morgan fingerprint density at radius 2 is 1.23 bits per heavy atom. The third-order valence-corrected chi connectivity index (χ3v) is 3.52. The van der Waals surface area contributed by atoms with Crippen LogP contribution < -0.4 is 9.47 Å². The molecule has 5 nitrogen and oxygen atoms in total. The van der Waals surface area contributed by atoms with E-state index < -0.39 is 0 Å². The molecule has 0 unspecified atom stereocenters. The van der Waals surface area contributed by atoms with Crippen molar-refractivity contribution >= 4 is 0 Å². The molecule has 0 N–H and O–H groups in total. The maximum absolute atomic E-state index is 5.90. The van der Waals surface area contributed by atoms with Crippen LogP contribution in [0.4, 0.5) is 0 Å². The third-order valence-electron chi connectivity index (χ3n) is 3.52. The summed E-state index contributed by atoms with van der Waals surface area (Å²) in [6.45, 7) is 10.6. The molecule has 0 aromatic heterocycles. The number of hydrogen-bond acceptors (Lipinski definition) is 5. The van der Waals surface area contributed by atoms with Crippen molar-refractivity contribution in [3.05, 3.63) is 49.4 Å². The van der Waals surface area contributed by atoms with Crippen LogP contribution in [-0.2, 0) is 16.0 Å². The van der Waals surface area contributed by atoms with Gasteiger partial charge in [-0.3, -0.25) is 0 Å². The standard InChI is InChI=1S/C21H33NO4/c1-5-23-11-7-9-13-25-20-15-19(18-22(3)4)16-21(17-20)26-14-10-8-12-24-6-2/h5-6,15-17H,1-2,7-14,18H2,3-4H3. The quantitative estimate of drug-likeness (QED) is 0.322. The zero-order valence-corrected chi connectivity index (χ0v) is 16.2. The summed E-state index contributed by atoms with van der Waals surface area (Å²) < 4.78 is 22.0. The van der Waals surface area contributed by atoms with Crippen molar-refractivity contribution in [3.63, 3.8) is 0 Å². The van der Waals surface area contributed by atoms with E-state index in [1.165, 1.54) is 18.1 Å². The largest absolute Gasteiger partial charge is 0.502 e. The molecule has 26 heavy (non-hydrogen) atoms. The van der Waals surface area contributed by atoms with E-state index in [2.05, 4.69) is 30.2 Å². The fourth-order valence-corrected chi connectivity index (χ4v) is 2.38. The summed E-state index contributed by atoms with van der Waals surface area (Å²) in [5, 5.41) is 0. The second-order valence-electron chi connectivity index (χ2n) is 6.24. The van der Waals surface area contributed by atoms with Gasteiger partial charge < -0.3 is 23.8 Å². The highest BCUT2D eigenvalue weighted by atomic mass is 16.5. The molecular formula is C21H33NO4. The predicted molar refractivity (Wildman–Crippen MR) is 106 cm³/mol. The molecule has 1 rings (SSSR count). The molecular weight excluding hydrogens is 330 g/mol. The molecule has 0 amide bonds. The van der Waals surface area contributed by atoms with Crippen molar-refractivity contribution in [2.45, 2.75) is 32.2 Å².